The molecule has 0 spiro atoms. The smallest absolute Gasteiger partial charge is 0.287 e. The van der Waals surface area contributed by atoms with Crippen LogP contribution in [0.1, 0.15) is 0 Å². The molecule has 0 atom stereocenters. The van der Waals surface area contributed by atoms with Crippen molar-refractivity contribution in [2.45, 2.75) is 0 Å². The highest BCUT2D eigenvalue weighted by atomic mass is 32.2. The quantitative estimate of drug-likeness (QED) is 0.480. The van der Waals surface area contributed by atoms with Gasteiger partial charge in [0.15, 0.2) is 5.70 Å². The SMILES string of the molecule is O=[N+]([O-])C1=C(Nc2ccccc2)/C(=N/O)S(=O)(=O)C1. The average Bonchev–Trinajstić information content (AvgIpc) is 2.61. The molecule has 0 aromatic heterocycles. The summed E-state index contributed by atoms with van der Waals surface area (Å²) in [5.74, 6) is -0.797. The zero-order valence-corrected chi connectivity index (χ0v) is 10.3. The van der Waals surface area contributed by atoms with E-state index in [1.165, 1.54) is 0 Å². The molecule has 1 aliphatic heterocycles. The normalized spacial score (nSPS) is 19.7. The number of para-hydroxylation sites is 1. The van der Waals surface area contributed by atoms with Crippen LogP contribution in [0.15, 0.2) is 46.9 Å². The minimum Gasteiger partial charge on any atom is -0.410 e. The molecule has 1 heterocycles. The summed E-state index contributed by atoms with van der Waals surface area (Å²) in [5.41, 5.74) is -0.398. The molecule has 2 N–H and O–H groups in total. The number of nitrogens with one attached hydrogen (secondary N) is 1. The van der Waals surface area contributed by atoms with Gasteiger partial charge in [-0.2, -0.15) is 0 Å². The van der Waals surface area contributed by atoms with Gasteiger partial charge in [-0.25, -0.2) is 8.42 Å². The molecule has 8 nitrogen and oxygen atoms in total. The van der Waals surface area contributed by atoms with Gasteiger partial charge in [-0.1, -0.05) is 23.4 Å². The lowest BCUT2D eigenvalue weighted by molar-refractivity contribution is -0.423. The van der Waals surface area contributed by atoms with E-state index in [0.29, 0.717) is 5.69 Å². The molecule has 2 rings (SSSR count). The second kappa shape index (κ2) is 4.69. The number of benzene rings is 1. The maximum absolute atomic E-state index is 11.6. The molecule has 0 aliphatic carbocycles. The first kappa shape index (κ1) is 13.0. The molecular weight excluding hydrogens is 274 g/mol. The Bertz CT molecular complexity index is 678. The van der Waals surface area contributed by atoms with Crippen LogP contribution in [0.3, 0.4) is 0 Å². The Kier molecular flexibility index (Phi) is 3.21. The molecule has 0 bridgehead atoms. The maximum Gasteiger partial charge on any atom is 0.287 e. The van der Waals surface area contributed by atoms with E-state index in [9.17, 15) is 18.5 Å². The number of hydrogen-bond donors (Lipinski definition) is 2. The largest absolute Gasteiger partial charge is 0.410 e. The van der Waals surface area contributed by atoms with Crippen LogP contribution in [0.25, 0.3) is 0 Å². The first-order valence-corrected chi connectivity index (χ1v) is 6.75. The summed E-state index contributed by atoms with van der Waals surface area (Å²) >= 11 is 0. The molecular formula is C10H9N3O5S. The van der Waals surface area contributed by atoms with Gasteiger partial charge in [0.25, 0.3) is 5.70 Å². The van der Waals surface area contributed by atoms with Crippen LogP contribution in [0, 0.1) is 10.1 Å². The van der Waals surface area contributed by atoms with E-state index in [2.05, 4.69) is 10.5 Å². The number of oxime groups is 1. The van der Waals surface area contributed by atoms with Crippen LogP contribution in [-0.4, -0.2) is 29.3 Å². The number of rotatable bonds is 3. The summed E-state index contributed by atoms with van der Waals surface area (Å²) in [6, 6.07) is 8.29. The molecule has 19 heavy (non-hydrogen) atoms. The Balaban J connectivity index is 2.49. The molecule has 0 radical (unpaired) electrons. The van der Waals surface area contributed by atoms with Gasteiger partial charge in [-0.3, -0.25) is 10.1 Å². The van der Waals surface area contributed by atoms with Crippen LogP contribution in [0.5, 0.6) is 0 Å². The fourth-order valence-electron chi connectivity index (χ4n) is 1.65. The van der Waals surface area contributed by atoms with Crippen molar-refractivity contribution in [2.24, 2.45) is 5.16 Å². The van der Waals surface area contributed by atoms with Crippen molar-refractivity contribution in [3.05, 3.63) is 51.8 Å². The van der Waals surface area contributed by atoms with Gasteiger partial charge < -0.3 is 10.5 Å². The van der Waals surface area contributed by atoms with Crippen LogP contribution < -0.4 is 5.32 Å². The standard InChI is InChI=1S/C10H9N3O5S/c14-12-10-9(11-7-4-2-1-3-5-7)8(13(15)16)6-19(10,17)18/h1-5,11,14H,6H2/b12-10-. The van der Waals surface area contributed by atoms with Crippen molar-refractivity contribution in [3.63, 3.8) is 0 Å². The molecule has 0 unspecified atom stereocenters. The molecule has 0 saturated heterocycles. The second-order valence-corrected chi connectivity index (χ2v) is 5.64. The van der Waals surface area contributed by atoms with Crippen molar-refractivity contribution < 1.29 is 18.5 Å². The Morgan fingerprint density at radius 3 is 2.47 bits per heavy atom. The van der Waals surface area contributed by atoms with Gasteiger partial charge in [0.05, 0.1) is 4.92 Å². The minimum atomic E-state index is -3.98. The number of anilines is 1. The van der Waals surface area contributed by atoms with Crippen molar-refractivity contribution in [3.8, 4) is 0 Å². The monoisotopic (exact) mass is 283 g/mol. The fraction of sp³-hybridized carbons (Fsp3) is 0.100. The molecule has 1 aliphatic rings. The van der Waals surface area contributed by atoms with Gasteiger partial charge in [-0.15, -0.1) is 0 Å². The van der Waals surface area contributed by atoms with E-state index >= 15 is 0 Å². The van der Waals surface area contributed by atoms with Gasteiger partial charge in [0, 0.05) is 5.69 Å². The van der Waals surface area contributed by atoms with Gasteiger partial charge in [0.2, 0.25) is 14.9 Å². The molecule has 0 saturated carbocycles. The van der Waals surface area contributed by atoms with Crippen LogP contribution in [0.4, 0.5) is 5.69 Å². The second-order valence-electron chi connectivity index (χ2n) is 3.73. The van der Waals surface area contributed by atoms with Crippen molar-refractivity contribution in [1.29, 1.82) is 0 Å². The van der Waals surface area contributed by atoms with Crippen molar-refractivity contribution in [1.82, 2.24) is 0 Å². The van der Waals surface area contributed by atoms with Crippen LogP contribution in [-0.2, 0) is 9.84 Å². The first-order valence-electron chi connectivity index (χ1n) is 5.10. The van der Waals surface area contributed by atoms with E-state index in [1.807, 2.05) is 0 Å². The highest BCUT2D eigenvalue weighted by molar-refractivity contribution is 8.07. The summed E-state index contributed by atoms with van der Waals surface area (Å²) in [6.45, 7) is 0. The summed E-state index contributed by atoms with van der Waals surface area (Å²) in [7, 11) is -3.98. The van der Waals surface area contributed by atoms with E-state index in [1.54, 1.807) is 30.3 Å². The van der Waals surface area contributed by atoms with E-state index < -0.39 is 31.3 Å². The van der Waals surface area contributed by atoms with E-state index in [0.717, 1.165) is 0 Å². The van der Waals surface area contributed by atoms with Gasteiger partial charge in [0.1, 0.15) is 5.75 Å². The third-order valence-electron chi connectivity index (χ3n) is 2.48. The van der Waals surface area contributed by atoms with Gasteiger partial charge >= 0.3 is 0 Å². The van der Waals surface area contributed by atoms with Crippen molar-refractivity contribution in [2.75, 3.05) is 11.1 Å². The molecule has 100 valence electrons. The number of sulfone groups is 1. The Morgan fingerprint density at radius 2 is 1.95 bits per heavy atom. The average molecular weight is 283 g/mol. The molecule has 0 fully saturated rings. The fourth-order valence-corrected chi connectivity index (χ4v) is 3.00. The highest BCUT2D eigenvalue weighted by Gasteiger charge is 2.43. The Hall–Kier alpha value is -2.42. The lowest BCUT2D eigenvalue weighted by Crippen LogP contribution is -2.16. The number of nitro groups is 1. The number of nitrogens with zero attached hydrogens (tertiary/aromatic N) is 2. The highest BCUT2D eigenvalue weighted by Crippen LogP contribution is 2.24. The minimum absolute atomic E-state index is 0.307. The summed E-state index contributed by atoms with van der Waals surface area (Å²) < 4.78 is 23.3. The van der Waals surface area contributed by atoms with E-state index in [4.69, 9.17) is 5.21 Å². The zero-order valence-electron chi connectivity index (χ0n) is 9.48. The van der Waals surface area contributed by atoms with E-state index in [-0.39, 0.29) is 5.70 Å². The number of hydrogen-bond acceptors (Lipinski definition) is 7. The molecule has 1 aromatic carbocycles. The third-order valence-corrected chi connectivity index (χ3v) is 4.01. The lowest BCUT2D eigenvalue weighted by Gasteiger charge is -2.05. The summed E-state index contributed by atoms with van der Waals surface area (Å²) in [4.78, 5) is 10.1. The van der Waals surface area contributed by atoms with Crippen molar-refractivity contribution >= 4 is 20.6 Å². The van der Waals surface area contributed by atoms with Gasteiger partial charge in [-0.05, 0) is 12.1 Å². The van der Waals surface area contributed by atoms with Crippen LogP contribution in [0.2, 0.25) is 0 Å². The predicted molar refractivity (Wildman–Crippen MR) is 67.1 cm³/mol. The third kappa shape index (κ3) is 2.40. The lowest BCUT2D eigenvalue weighted by atomic mass is 10.3. The molecule has 0 amide bonds. The summed E-state index contributed by atoms with van der Waals surface area (Å²) in [5, 5.41) is 24.2. The molecule has 9 heteroatoms. The Morgan fingerprint density at radius 1 is 1.32 bits per heavy atom. The first-order chi connectivity index (χ1) is 8.95. The Labute approximate surface area is 108 Å². The molecule has 1 aromatic rings. The maximum atomic E-state index is 11.6. The predicted octanol–water partition coefficient (Wildman–Crippen LogP) is 0.803. The van der Waals surface area contributed by atoms with Crippen LogP contribution >= 0.6 is 0 Å². The topological polar surface area (TPSA) is 122 Å². The zero-order chi connectivity index (χ0) is 14.0. The summed E-state index contributed by atoms with van der Waals surface area (Å²) in [6.07, 6.45) is 0.